The average molecular weight is 218 g/mol. The van der Waals surface area contributed by atoms with E-state index in [9.17, 15) is 0 Å². The number of oxazole rings is 1. The summed E-state index contributed by atoms with van der Waals surface area (Å²) in [5.41, 5.74) is 2.88. The first-order valence-electron chi connectivity index (χ1n) is 5.82. The zero-order valence-corrected chi connectivity index (χ0v) is 10.1. The summed E-state index contributed by atoms with van der Waals surface area (Å²) in [6.45, 7) is 6.26. The van der Waals surface area contributed by atoms with E-state index < -0.39 is 0 Å². The molecule has 3 nitrogen and oxygen atoms in total. The van der Waals surface area contributed by atoms with Gasteiger partial charge in [0, 0.05) is 24.7 Å². The Labute approximate surface area is 95.9 Å². The monoisotopic (exact) mass is 218 g/mol. The molecular formula is C13H18N2O. The second kappa shape index (κ2) is 4.56. The Morgan fingerprint density at radius 1 is 1.44 bits per heavy atom. The Bertz CT molecular complexity index is 476. The van der Waals surface area contributed by atoms with Crippen LogP contribution in [-0.2, 0) is 0 Å². The lowest BCUT2D eigenvalue weighted by atomic mass is 10.2. The molecule has 3 heteroatoms. The first kappa shape index (κ1) is 11.0. The Morgan fingerprint density at radius 2 is 2.25 bits per heavy atom. The Hall–Kier alpha value is -1.51. The lowest BCUT2D eigenvalue weighted by molar-refractivity contribution is 0.561. The summed E-state index contributed by atoms with van der Waals surface area (Å²) in [5.74, 6) is 0.716. The van der Waals surface area contributed by atoms with E-state index in [1.54, 1.807) is 0 Å². The van der Waals surface area contributed by atoms with Crippen molar-refractivity contribution in [3.05, 3.63) is 24.1 Å². The van der Waals surface area contributed by atoms with E-state index in [-0.39, 0.29) is 0 Å². The minimum atomic E-state index is 0.492. The van der Waals surface area contributed by atoms with Crippen LogP contribution in [0.4, 0.5) is 5.69 Å². The molecule has 2 rings (SSSR count). The fraction of sp³-hybridized carbons (Fsp3) is 0.462. The number of aryl methyl sites for hydroxylation is 1. The summed E-state index contributed by atoms with van der Waals surface area (Å²) in [6, 6.07) is 6.55. The number of anilines is 1. The smallest absolute Gasteiger partial charge is 0.192 e. The fourth-order valence-corrected chi connectivity index (χ4v) is 1.92. The summed E-state index contributed by atoms with van der Waals surface area (Å²) < 4.78 is 5.50. The number of hydrogen-bond acceptors (Lipinski definition) is 3. The molecule has 1 heterocycles. The first-order valence-corrected chi connectivity index (χ1v) is 5.82. The predicted molar refractivity (Wildman–Crippen MR) is 66.7 cm³/mol. The summed E-state index contributed by atoms with van der Waals surface area (Å²) in [4.78, 5) is 4.28. The van der Waals surface area contributed by atoms with Gasteiger partial charge in [0.05, 0.1) is 0 Å². The molecule has 0 radical (unpaired) electrons. The topological polar surface area (TPSA) is 38.1 Å². The van der Waals surface area contributed by atoms with Crippen molar-refractivity contribution in [3.8, 4) is 0 Å². The van der Waals surface area contributed by atoms with Gasteiger partial charge in [0.1, 0.15) is 5.52 Å². The van der Waals surface area contributed by atoms with Crippen molar-refractivity contribution >= 4 is 16.8 Å². The molecule has 0 saturated carbocycles. The molecule has 0 bridgehead atoms. The van der Waals surface area contributed by atoms with Crippen molar-refractivity contribution in [2.45, 2.75) is 39.7 Å². The van der Waals surface area contributed by atoms with Gasteiger partial charge in [0.25, 0.3) is 0 Å². The normalized spacial score (nSPS) is 12.9. The van der Waals surface area contributed by atoms with E-state index in [1.807, 2.05) is 19.1 Å². The van der Waals surface area contributed by atoms with Crippen LogP contribution in [0.2, 0.25) is 0 Å². The minimum absolute atomic E-state index is 0.492. The number of benzene rings is 1. The predicted octanol–water partition coefficient (Wildman–Crippen LogP) is 3.74. The second-order valence-corrected chi connectivity index (χ2v) is 4.25. The van der Waals surface area contributed by atoms with Crippen molar-refractivity contribution in [2.75, 3.05) is 5.32 Å². The molecule has 0 aliphatic rings. The Morgan fingerprint density at radius 3 is 3.00 bits per heavy atom. The summed E-state index contributed by atoms with van der Waals surface area (Å²) in [5, 5.41) is 3.46. The van der Waals surface area contributed by atoms with Crippen molar-refractivity contribution in [2.24, 2.45) is 0 Å². The van der Waals surface area contributed by atoms with Gasteiger partial charge in [-0.1, -0.05) is 13.3 Å². The standard InChI is InChI=1S/C13H18N2O/c1-4-5-9(2)14-11-6-7-12-13(8-11)16-10(3)15-12/h6-9,14H,4-5H2,1-3H3. The van der Waals surface area contributed by atoms with Crippen LogP contribution in [0.3, 0.4) is 0 Å². The third kappa shape index (κ3) is 2.35. The SMILES string of the molecule is CCCC(C)Nc1ccc2nc(C)oc2c1. The number of nitrogens with zero attached hydrogens (tertiary/aromatic N) is 1. The maximum Gasteiger partial charge on any atom is 0.192 e. The molecule has 86 valence electrons. The molecule has 1 atom stereocenters. The summed E-state index contributed by atoms with van der Waals surface area (Å²) in [6.07, 6.45) is 2.37. The van der Waals surface area contributed by atoms with E-state index in [0.717, 1.165) is 16.8 Å². The maximum absolute atomic E-state index is 5.50. The van der Waals surface area contributed by atoms with Crippen LogP contribution in [-0.4, -0.2) is 11.0 Å². The van der Waals surface area contributed by atoms with Crippen LogP contribution in [0.15, 0.2) is 22.6 Å². The van der Waals surface area contributed by atoms with Gasteiger partial charge in [0.2, 0.25) is 0 Å². The first-order chi connectivity index (χ1) is 7.69. The maximum atomic E-state index is 5.50. The molecule has 0 aliphatic heterocycles. The Balaban J connectivity index is 2.18. The van der Waals surface area contributed by atoms with Crippen molar-refractivity contribution in [1.82, 2.24) is 4.98 Å². The lowest BCUT2D eigenvalue weighted by Gasteiger charge is -2.13. The van der Waals surface area contributed by atoms with E-state index in [4.69, 9.17) is 4.42 Å². The molecule has 16 heavy (non-hydrogen) atoms. The van der Waals surface area contributed by atoms with E-state index >= 15 is 0 Å². The highest BCUT2D eigenvalue weighted by molar-refractivity contribution is 5.77. The highest BCUT2D eigenvalue weighted by atomic mass is 16.3. The van der Waals surface area contributed by atoms with Crippen LogP contribution in [0, 0.1) is 6.92 Å². The molecule has 2 aromatic rings. The molecular weight excluding hydrogens is 200 g/mol. The number of rotatable bonds is 4. The number of fused-ring (bicyclic) bond motifs is 1. The molecule has 1 aromatic carbocycles. The highest BCUT2D eigenvalue weighted by Gasteiger charge is 2.05. The van der Waals surface area contributed by atoms with Crippen molar-refractivity contribution in [1.29, 1.82) is 0 Å². The van der Waals surface area contributed by atoms with Gasteiger partial charge in [-0.15, -0.1) is 0 Å². The van der Waals surface area contributed by atoms with Gasteiger partial charge in [-0.2, -0.15) is 0 Å². The van der Waals surface area contributed by atoms with Crippen LogP contribution >= 0.6 is 0 Å². The summed E-state index contributed by atoms with van der Waals surface area (Å²) in [7, 11) is 0. The third-order valence-electron chi connectivity index (χ3n) is 2.63. The van der Waals surface area contributed by atoms with Crippen LogP contribution in [0.25, 0.3) is 11.1 Å². The molecule has 1 aromatic heterocycles. The molecule has 0 fully saturated rings. The molecule has 0 saturated heterocycles. The van der Waals surface area contributed by atoms with E-state index in [0.29, 0.717) is 11.9 Å². The largest absolute Gasteiger partial charge is 0.441 e. The third-order valence-corrected chi connectivity index (χ3v) is 2.63. The highest BCUT2D eigenvalue weighted by Crippen LogP contribution is 2.20. The van der Waals surface area contributed by atoms with E-state index in [2.05, 4.69) is 30.2 Å². The second-order valence-electron chi connectivity index (χ2n) is 4.25. The van der Waals surface area contributed by atoms with Crippen LogP contribution in [0.5, 0.6) is 0 Å². The number of aromatic nitrogens is 1. The van der Waals surface area contributed by atoms with Gasteiger partial charge in [0.15, 0.2) is 11.5 Å². The lowest BCUT2D eigenvalue weighted by Crippen LogP contribution is -2.14. The molecule has 1 N–H and O–H groups in total. The fourth-order valence-electron chi connectivity index (χ4n) is 1.92. The van der Waals surface area contributed by atoms with E-state index in [1.165, 1.54) is 12.8 Å². The number of hydrogen-bond donors (Lipinski definition) is 1. The van der Waals surface area contributed by atoms with Crippen LogP contribution < -0.4 is 5.32 Å². The molecule has 1 unspecified atom stereocenters. The van der Waals surface area contributed by atoms with Gasteiger partial charge in [-0.25, -0.2) is 4.98 Å². The Kier molecular flexibility index (Phi) is 3.13. The van der Waals surface area contributed by atoms with Gasteiger partial charge in [-0.3, -0.25) is 0 Å². The van der Waals surface area contributed by atoms with Gasteiger partial charge < -0.3 is 9.73 Å². The zero-order valence-electron chi connectivity index (χ0n) is 10.1. The molecule has 0 amide bonds. The van der Waals surface area contributed by atoms with Gasteiger partial charge >= 0.3 is 0 Å². The summed E-state index contributed by atoms with van der Waals surface area (Å²) >= 11 is 0. The molecule has 0 aliphatic carbocycles. The van der Waals surface area contributed by atoms with Gasteiger partial charge in [-0.05, 0) is 25.5 Å². The minimum Gasteiger partial charge on any atom is -0.441 e. The average Bonchev–Trinajstić information content (AvgIpc) is 2.57. The molecule has 0 spiro atoms. The van der Waals surface area contributed by atoms with Crippen LogP contribution in [0.1, 0.15) is 32.6 Å². The number of nitrogens with one attached hydrogen (secondary N) is 1. The quantitative estimate of drug-likeness (QED) is 0.849. The zero-order chi connectivity index (χ0) is 11.5. The van der Waals surface area contributed by atoms with Crippen molar-refractivity contribution < 1.29 is 4.42 Å². The van der Waals surface area contributed by atoms with Crippen molar-refractivity contribution in [3.63, 3.8) is 0 Å².